The number of hydrogen-bond acceptors (Lipinski definition) is 1. The SMILES string of the molecule is CC(C)c1ccc2cncc(C(C)C)n12. The quantitative estimate of drug-likeness (QED) is 0.727. The molecule has 0 aliphatic rings. The van der Waals surface area contributed by atoms with Gasteiger partial charge in [-0.3, -0.25) is 4.98 Å². The zero-order valence-electron chi connectivity index (χ0n) is 9.86. The monoisotopic (exact) mass is 202 g/mol. The van der Waals surface area contributed by atoms with Crippen molar-refractivity contribution in [2.24, 2.45) is 0 Å². The maximum atomic E-state index is 4.29. The van der Waals surface area contributed by atoms with Gasteiger partial charge in [0.25, 0.3) is 0 Å². The highest BCUT2D eigenvalue weighted by Crippen LogP contribution is 2.23. The molecular formula is C13H18N2. The summed E-state index contributed by atoms with van der Waals surface area (Å²) in [7, 11) is 0. The Kier molecular flexibility index (Phi) is 2.51. The first-order valence-electron chi connectivity index (χ1n) is 5.56. The molecule has 2 heteroatoms. The van der Waals surface area contributed by atoms with Crippen LogP contribution in [0.4, 0.5) is 0 Å². The molecular weight excluding hydrogens is 184 g/mol. The highest BCUT2D eigenvalue weighted by Gasteiger charge is 2.11. The molecule has 0 aromatic carbocycles. The van der Waals surface area contributed by atoms with Crippen LogP contribution < -0.4 is 0 Å². The van der Waals surface area contributed by atoms with E-state index in [0.717, 1.165) is 0 Å². The van der Waals surface area contributed by atoms with Gasteiger partial charge < -0.3 is 4.40 Å². The Balaban J connectivity index is 2.75. The third-order valence-electron chi connectivity index (χ3n) is 2.80. The van der Waals surface area contributed by atoms with E-state index < -0.39 is 0 Å². The standard InChI is InChI=1S/C13H18N2/c1-9(2)12-6-5-11-7-14-8-13(10(3)4)15(11)12/h5-10H,1-4H3. The summed E-state index contributed by atoms with van der Waals surface area (Å²) in [5, 5.41) is 0. The first kappa shape index (κ1) is 10.2. The van der Waals surface area contributed by atoms with Crippen molar-refractivity contribution in [3.8, 4) is 0 Å². The molecule has 0 N–H and O–H groups in total. The Labute approximate surface area is 91.0 Å². The minimum Gasteiger partial charge on any atom is -0.314 e. The van der Waals surface area contributed by atoms with Gasteiger partial charge in [0, 0.05) is 17.6 Å². The lowest BCUT2D eigenvalue weighted by molar-refractivity contribution is 0.738. The van der Waals surface area contributed by atoms with Crippen molar-refractivity contribution in [1.82, 2.24) is 9.38 Å². The summed E-state index contributed by atoms with van der Waals surface area (Å²) < 4.78 is 2.34. The van der Waals surface area contributed by atoms with Crippen molar-refractivity contribution >= 4 is 5.52 Å². The Morgan fingerprint density at radius 2 is 1.60 bits per heavy atom. The van der Waals surface area contributed by atoms with Crippen LogP contribution in [0.15, 0.2) is 24.5 Å². The van der Waals surface area contributed by atoms with Crippen molar-refractivity contribution in [3.63, 3.8) is 0 Å². The van der Waals surface area contributed by atoms with E-state index in [0.29, 0.717) is 11.8 Å². The molecule has 0 saturated carbocycles. The topological polar surface area (TPSA) is 17.3 Å². The van der Waals surface area contributed by atoms with Crippen molar-refractivity contribution in [1.29, 1.82) is 0 Å². The first-order valence-corrected chi connectivity index (χ1v) is 5.56. The van der Waals surface area contributed by atoms with E-state index >= 15 is 0 Å². The van der Waals surface area contributed by atoms with Gasteiger partial charge >= 0.3 is 0 Å². The fourth-order valence-electron chi connectivity index (χ4n) is 1.97. The lowest BCUT2D eigenvalue weighted by Gasteiger charge is -2.13. The largest absolute Gasteiger partial charge is 0.314 e. The van der Waals surface area contributed by atoms with Gasteiger partial charge in [-0.05, 0) is 24.0 Å². The highest BCUT2D eigenvalue weighted by atomic mass is 15.0. The molecule has 2 rings (SSSR count). The molecule has 0 spiro atoms. The average Bonchev–Trinajstić information content (AvgIpc) is 2.60. The first-order chi connectivity index (χ1) is 7.11. The third kappa shape index (κ3) is 1.65. The van der Waals surface area contributed by atoms with Gasteiger partial charge in [-0.15, -0.1) is 0 Å². The van der Waals surface area contributed by atoms with Crippen LogP contribution in [-0.2, 0) is 0 Å². The Hall–Kier alpha value is -1.31. The summed E-state index contributed by atoms with van der Waals surface area (Å²) in [6.07, 6.45) is 3.90. The van der Waals surface area contributed by atoms with E-state index in [9.17, 15) is 0 Å². The fraction of sp³-hybridized carbons (Fsp3) is 0.462. The molecule has 2 aromatic rings. The van der Waals surface area contributed by atoms with Crippen LogP contribution in [0.3, 0.4) is 0 Å². The number of aromatic nitrogens is 2. The second-order valence-electron chi connectivity index (χ2n) is 4.66. The second-order valence-corrected chi connectivity index (χ2v) is 4.66. The average molecular weight is 202 g/mol. The molecule has 15 heavy (non-hydrogen) atoms. The molecule has 2 heterocycles. The molecule has 0 atom stereocenters. The maximum absolute atomic E-state index is 4.29. The van der Waals surface area contributed by atoms with Gasteiger partial charge in [0.1, 0.15) is 0 Å². The summed E-state index contributed by atoms with van der Waals surface area (Å²) in [6.45, 7) is 8.87. The molecule has 2 aromatic heterocycles. The third-order valence-corrected chi connectivity index (χ3v) is 2.80. The van der Waals surface area contributed by atoms with Crippen LogP contribution in [0.2, 0.25) is 0 Å². The van der Waals surface area contributed by atoms with E-state index in [2.05, 4.69) is 49.2 Å². The van der Waals surface area contributed by atoms with Gasteiger partial charge in [0.05, 0.1) is 11.7 Å². The van der Waals surface area contributed by atoms with Crippen LogP contribution in [0, 0.1) is 0 Å². The minimum atomic E-state index is 0.506. The number of fused-ring (bicyclic) bond motifs is 1. The molecule has 0 aliphatic heterocycles. The summed E-state index contributed by atoms with van der Waals surface area (Å²) in [4.78, 5) is 4.29. The van der Waals surface area contributed by atoms with Crippen LogP contribution in [-0.4, -0.2) is 9.38 Å². The lowest BCUT2D eigenvalue weighted by atomic mass is 10.1. The minimum absolute atomic E-state index is 0.506. The number of nitrogens with zero attached hydrogens (tertiary/aromatic N) is 2. The maximum Gasteiger partial charge on any atom is 0.0639 e. The summed E-state index contributed by atoms with van der Waals surface area (Å²) >= 11 is 0. The molecule has 0 aliphatic carbocycles. The van der Waals surface area contributed by atoms with E-state index in [4.69, 9.17) is 0 Å². The molecule has 0 bridgehead atoms. The van der Waals surface area contributed by atoms with Crippen LogP contribution in [0.5, 0.6) is 0 Å². The van der Waals surface area contributed by atoms with E-state index in [1.807, 2.05) is 12.4 Å². The van der Waals surface area contributed by atoms with Crippen molar-refractivity contribution in [2.45, 2.75) is 39.5 Å². The predicted molar refractivity (Wildman–Crippen MR) is 63.4 cm³/mol. The molecule has 0 unspecified atom stereocenters. The fourth-order valence-corrected chi connectivity index (χ4v) is 1.97. The lowest BCUT2D eigenvalue weighted by Crippen LogP contribution is -2.04. The molecule has 2 nitrogen and oxygen atoms in total. The van der Waals surface area contributed by atoms with Gasteiger partial charge in [-0.1, -0.05) is 27.7 Å². The molecule has 80 valence electrons. The van der Waals surface area contributed by atoms with E-state index in [-0.39, 0.29) is 0 Å². The Bertz CT molecular complexity index is 466. The van der Waals surface area contributed by atoms with E-state index in [1.165, 1.54) is 16.9 Å². The normalized spacial score (nSPS) is 11.9. The Morgan fingerprint density at radius 3 is 2.20 bits per heavy atom. The summed E-state index contributed by atoms with van der Waals surface area (Å²) in [6, 6.07) is 4.35. The number of rotatable bonds is 2. The van der Waals surface area contributed by atoms with Crippen molar-refractivity contribution in [2.75, 3.05) is 0 Å². The summed E-state index contributed by atoms with van der Waals surface area (Å²) in [5.41, 5.74) is 3.86. The van der Waals surface area contributed by atoms with Gasteiger partial charge in [-0.25, -0.2) is 0 Å². The van der Waals surface area contributed by atoms with Crippen LogP contribution >= 0.6 is 0 Å². The highest BCUT2D eigenvalue weighted by molar-refractivity contribution is 5.49. The van der Waals surface area contributed by atoms with Gasteiger partial charge in [0.2, 0.25) is 0 Å². The molecule has 0 fully saturated rings. The molecule has 0 saturated heterocycles. The van der Waals surface area contributed by atoms with Gasteiger partial charge in [0.15, 0.2) is 0 Å². The van der Waals surface area contributed by atoms with Crippen molar-refractivity contribution < 1.29 is 0 Å². The second kappa shape index (κ2) is 3.69. The van der Waals surface area contributed by atoms with Crippen LogP contribution in [0.1, 0.15) is 50.9 Å². The summed E-state index contributed by atoms with van der Waals surface area (Å²) in [5.74, 6) is 1.05. The molecule has 0 amide bonds. The van der Waals surface area contributed by atoms with Crippen LogP contribution in [0.25, 0.3) is 5.52 Å². The van der Waals surface area contributed by atoms with Crippen molar-refractivity contribution in [3.05, 3.63) is 35.9 Å². The zero-order chi connectivity index (χ0) is 11.0. The van der Waals surface area contributed by atoms with E-state index in [1.54, 1.807) is 0 Å². The molecule has 0 radical (unpaired) electrons. The zero-order valence-corrected chi connectivity index (χ0v) is 9.86. The Morgan fingerprint density at radius 1 is 0.933 bits per heavy atom. The van der Waals surface area contributed by atoms with Gasteiger partial charge in [-0.2, -0.15) is 0 Å². The smallest absolute Gasteiger partial charge is 0.0639 e. The number of hydrogen-bond donors (Lipinski definition) is 0. The predicted octanol–water partition coefficient (Wildman–Crippen LogP) is 3.58.